The van der Waals surface area contributed by atoms with Gasteiger partial charge in [0.25, 0.3) is 0 Å². The molecular weight excluding hydrogens is 454 g/mol. The second-order valence-electron chi connectivity index (χ2n) is 10.4. The molecule has 190 valence electrons. The highest BCUT2D eigenvalue weighted by molar-refractivity contribution is 5.85. The van der Waals surface area contributed by atoms with E-state index in [1.54, 1.807) is 0 Å². The molecule has 0 aliphatic carbocycles. The summed E-state index contributed by atoms with van der Waals surface area (Å²) in [5, 5.41) is 21.0. The fraction of sp³-hybridized carbons (Fsp3) is 0.556. The second kappa shape index (κ2) is 10.2. The predicted octanol–water partition coefficient (Wildman–Crippen LogP) is 2.57. The highest BCUT2D eigenvalue weighted by Crippen LogP contribution is 2.32. The first-order valence-corrected chi connectivity index (χ1v) is 13.3. The van der Waals surface area contributed by atoms with Crippen molar-refractivity contribution in [1.82, 2.24) is 35.5 Å². The van der Waals surface area contributed by atoms with Gasteiger partial charge in [-0.15, -0.1) is 0 Å². The SMILES string of the molecule is Cn1ncc(-c2ccc3nnc(C4OCC4NC(=O)C4CCNCC4)cc3c2)c1CN1CCCCC1. The third-order valence-electron chi connectivity index (χ3n) is 7.95. The van der Waals surface area contributed by atoms with Crippen LogP contribution < -0.4 is 10.6 Å². The average Bonchev–Trinajstić information content (AvgIpc) is 3.27. The van der Waals surface area contributed by atoms with E-state index < -0.39 is 0 Å². The Kier molecular flexibility index (Phi) is 6.69. The number of hydrogen-bond acceptors (Lipinski definition) is 7. The first kappa shape index (κ1) is 23.5. The zero-order chi connectivity index (χ0) is 24.5. The summed E-state index contributed by atoms with van der Waals surface area (Å²) >= 11 is 0. The second-order valence-corrected chi connectivity index (χ2v) is 10.4. The van der Waals surface area contributed by atoms with E-state index in [2.05, 4.69) is 49.0 Å². The van der Waals surface area contributed by atoms with Gasteiger partial charge in [-0.3, -0.25) is 14.4 Å². The van der Waals surface area contributed by atoms with Crippen LogP contribution in [0.3, 0.4) is 0 Å². The number of carbonyl (C=O) groups is 1. The lowest BCUT2D eigenvalue weighted by molar-refractivity contribution is -0.137. The smallest absolute Gasteiger partial charge is 0.223 e. The Morgan fingerprint density at radius 2 is 1.97 bits per heavy atom. The number of carbonyl (C=O) groups excluding carboxylic acids is 1. The van der Waals surface area contributed by atoms with Crippen LogP contribution in [0.2, 0.25) is 0 Å². The predicted molar refractivity (Wildman–Crippen MR) is 137 cm³/mol. The minimum absolute atomic E-state index is 0.0585. The molecule has 2 unspecified atom stereocenters. The molecule has 1 amide bonds. The van der Waals surface area contributed by atoms with E-state index in [4.69, 9.17) is 4.74 Å². The van der Waals surface area contributed by atoms with Crippen LogP contribution in [0.25, 0.3) is 22.0 Å². The highest BCUT2D eigenvalue weighted by Gasteiger charge is 2.37. The van der Waals surface area contributed by atoms with Crippen LogP contribution in [0.15, 0.2) is 30.5 Å². The third-order valence-corrected chi connectivity index (χ3v) is 7.95. The lowest BCUT2D eigenvalue weighted by atomic mass is 9.95. The van der Waals surface area contributed by atoms with E-state index >= 15 is 0 Å². The van der Waals surface area contributed by atoms with Gasteiger partial charge in [-0.2, -0.15) is 15.3 Å². The zero-order valence-corrected chi connectivity index (χ0v) is 20.9. The normalized spacial score (nSPS) is 23.5. The van der Waals surface area contributed by atoms with Crippen molar-refractivity contribution in [2.24, 2.45) is 13.0 Å². The van der Waals surface area contributed by atoms with Gasteiger partial charge in [-0.05, 0) is 75.6 Å². The molecule has 0 radical (unpaired) electrons. The van der Waals surface area contributed by atoms with Crippen LogP contribution in [0.4, 0.5) is 0 Å². The molecule has 36 heavy (non-hydrogen) atoms. The molecule has 3 aliphatic rings. The molecule has 5 heterocycles. The first-order chi connectivity index (χ1) is 17.7. The number of piperidine rings is 2. The third kappa shape index (κ3) is 4.75. The Balaban J connectivity index is 1.21. The van der Waals surface area contributed by atoms with Gasteiger partial charge in [0, 0.05) is 30.5 Å². The number of rotatable bonds is 6. The molecule has 0 spiro atoms. The first-order valence-electron chi connectivity index (χ1n) is 13.3. The molecular formula is C27H35N7O2. The van der Waals surface area contributed by atoms with Crippen molar-refractivity contribution >= 4 is 16.8 Å². The summed E-state index contributed by atoms with van der Waals surface area (Å²) in [6, 6.07) is 8.30. The summed E-state index contributed by atoms with van der Waals surface area (Å²) in [6.45, 7) is 5.53. The average molecular weight is 490 g/mol. The molecule has 0 saturated carbocycles. The van der Waals surface area contributed by atoms with Crippen molar-refractivity contribution in [2.45, 2.75) is 50.8 Å². The van der Waals surface area contributed by atoms with E-state index in [1.807, 2.05) is 24.0 Å². The number of amides is 1. The number of aromatic nitrogens is 4. The molecule has 3 saturated heterocycles. The molecule has 3 aromatic rings. The fourth-order valence-electron chi connectivity index (χ4n) is 5.67. The maximum absolute atomic E-state index is 12.7. The zero-order valence-electron chi connectivity index (χ0n) is 20.9. The van der Waals surface area contributed by atoms with E-state index in [9.17, 15) is 4.79 Å². The lowest BCUT2D eigenvalue weighted by Gasteiger charge is -2.37. The largest absolute Gasteiger partial charge is 0.367 e. The van der Waals surface area contributed by atoms with Crippen LogP contribution in [0.1, 0.15) is 49.6 Å². The van der Waals surface area contributed by atoms with Crippen LogP contribution in [-0.2, 0) is 23.1 Å². The number of hydrogen-bond donors (Lipinski definition) is 2. The van der Waals surface area contributed by atoms with Crippen molar-refractivity contribution in [3.05, 3.63) is 41.9 Å². The van der Waals surface area contributed by atoms with E-state index in [0.717, 1.165) is 73.3 Å². The topological polar surface area (TPSA) is 97.2 Å². The lowest BCUT2D eigenvalue weighted by Crippen LogP contribution is -2.53. The summed E-state index contributed by atoms with van der Waals surface area (Å²) in [4.78, 5) is 15.3. The maximum atomic E-state index is 12.7. The van der Waals surface area contributed by atoms with Gasteiger partial charge in [-0.25, -0.2) is 0 Å². The molecule has 2 atom stereocenters. The number of likely N-dealkylation sites (tertiary alicyclic amines) is 1. The number of nitrogens with one attached hydrogen (secondary N) is 2. The van der Waals surface area contributed by atoms with Gasteiger partial charge in [0.15, 0.2) is 0 Å². The minimum Gasteiger partial charge on any atom is -0.367 e. The Bertz CT molecular complexity index is 1230. The van der Waals surface area contributed by atoms with Crippen molar-refractivity contribution in [3.8, 4) is 11.1 Å². The summed E-state index contributed by atoms with van der Waals surface area (Å²) in [6.07, 6.45) is 7.35. The number of benzene rings is 1. The summed E-state index contributed by atoms with van der Waals surface area (Å²) in [7, 11) is 2.03. The van der Waals surface area contributed by atoms with Gasteiger partial charge in [0.05, 0.1) is 35.8 Å². The van der Waals surface area contributed by atoms with E-state index in [0.29, 0.717) is 6.61 Å². The molecule has 1 aromatic carbocycles. The molecule has 9 nitrogen and oxygen atoms in total. The van der Waals surface area contributed by atoms with E-state index in [-0.39, 0.29) is 24.0 Å². The van der Waals surface area contributed by atoms with Crippen molar-refractivity contribution < 1.29 is 9.53 Å². The van der Waals surface area contributed by atoms with Crippen molar-refractivity contribution in [1.29, 1.82) is 0 Å². The van der Waals surface area contributed by atoms with Gasteiger partial charge in [0.1, 0.15) is 6.10 Å². The Morgan fingerprint density at radius 1 is 1.14 bits per heavy atom. The molecule has 3 fully saturated rings. The number of ether oxygens (including phenoxy) is 1. The number of nitrogens with zero attached hydrogens (tertiary/aromatic N) is 5. The van der Waals surface area contributed by atoms with Gasteiger partial charge in [0.2, 0.25) is 5.91 Å². The number of fused-ring (bicyclic) bond motifs is 1. The molecule has 6 rings (SSSR count). The van der Waals surface area contributed by atoms with Gasteiger partial charge >= 0.3 is 0 Å². The summed E-state index contributed by atoms with van der Waals surface area (Å²) < 4.78 is 7.84. The molecule has 2 N–H and O–H groups in total. The Labute approximate surface area is 211 Å². The van der Waals surface area contributed by atoms with Crippen LogP contribution in [0, 0.1) is 5.92 Å². The highest BCUT2D eigenvalue weighted by atomic mass is 16.5. The maximum Gasteiger partial charge on any atom is 0.223 e. The quantitative estimate of drug-likeness (QED) is 0.549. The standard InChI is InChI=1S/C27H35N7O2/c1-33-25(16-34-11-3-2-4-12-34)21(15-29-33)19-5-6-22-20(13-19)14-23(32-31-22)26-24(17-36-26)30-27(35)18-7-9-28-10-8-18/h5-6,13-15,18,24,26,28H,2-4,7-12,16-17H2,1H3,(H,30,35). The van der Waals surface area contributed by atoms with Crippen LogP contribution in [-0.4, -0.2) is 69.6 Å². The molecule has 2 aromatic heterocycles. The number of aryl methyl sites for hydroxylation is 1. The molecule has 3 aliphatic heterocycles. The fourth-order valence-corrected chi connectivity index (χ4v) is 5.67. The Hall–Kier alpha value is -2.88. The minimum atomic E-state index is -0.260. The summed E-state index contributed by atoms with van der Waals surface area (Å²) in [5.41, 5.74) is 5.14. The van der Waals surface area contributed by atoms with Crippen LogP contribution >= 0.6 is 0 Å². The van der Waals surface area contributed by atoms with Gasteiger partial charge in [-0.1, -0.05) is 12.5 Å². The van der Waals surface area contributed by atoms with Crippen molar-refractivity contribution in [3.63, 3.8) is 0 Å². The molecule has 0 bridgehead atoms. The van der Waals surface area contributed by atoms with Crippen molar-refractivity contribution in [2.75, 3.05) is 32.8 Å². The van der Waals surface area contributed by atoms with Crippen LogP contribution in [0.5, 0.6) is 0 Å². The summed E-state index contributed by atoms with van der Waals surface area (Å²) in [5.74, 6) is 0.208. The van der Waals surface area contributed by atoms with E-state index in [1.165, 1.54) is 25.0 Å². The monoisotopic (exact) mass is 489 g/mol. The van der Waals surface area contributed by atoms with Gasteiger partial charge < -0.3 is 15.4 Å². The Morgan fingerprint density at radius 3 is 2.75 bits per heavy atom. The molecule has 9 heteroatoms.